The first-order valence-electron chi connectivity index (χ1n) is 15.0. The third-order valence-corrected chi connectivity index (χ3v) is 4.56. The zero-order valence-corrected chi connectivity index (χ0v) is 30.4. The van der Waals surface area contributed by atoms with Gasteiger partial charge < -0.3 is 51.5 Å². The highest BCUT2D eigenvalue weighted by atomic mass is 35.5. The first-order chi connectivity index (χ1) is 19.2. The fraction of sp³-hybridized carbons (Fsp3) is 0.964. The van der Waals surface area contributed by atoms with Gasteiger partial charge in [0.25, 0.3) is 0 Å². The highest BCUT2D eigenvalue weighted by Gasteiger charge is 2.10. The fourth-order valence-electron chi connectivity index (χ4n) is 2.82. The summed E-state index contributed by atoms with van der Waals surface area (Å²) in [5.74, 6) is 0.109. The minimum atomic E-state index is -4.64. The summed E-state index contributed by atoms with van der Waals surface area (Å²) >= 11 is 0. The lowest BCUT2D eigenvalue weighted by Gasteiger charge is -2.13. The summed E-state index contributed by atoms with van der Waals surface area (Å²) in [7, 11) is 10.4. The normalized spacial score (nSPS) is 10.9. The molecule has 0 fully saturated rings. The summed E-state index contributed by atoms with van der Waals surface area (Å²) in [6.07, 6.45) is 14.7. The molecule has 14 heteroatoms. The van der Waals surface area contributed by atoms with Gasteiger partial charge in [0.1, 0.15) is 0 Å². The molecular formula is C28H73ClN5O7P. The number of hydrogen-bond acceptors (Lipinski definition) is 8. The number of carbonyl (C=O) groups excluding carboxylic acids is 1. The SMILES string of the molecule is CCCCCCCCCCCCCC(=O)NCCCC(O)C(C)O.CNC.CNC.CNC.CNC.Cl.O=P(O)(O)O. The summed E-state index contributed by atoms with van der Waals surface area (Å²) in [6, 6.07) is 0. The molecule has 2 unspecified atom stereocenters. The maximum Gasteiger partial charge on any atom is 0.466 e. The Morgan fingerprint density at radius 2 is 0.929 bits per heavy atom. The van der Waals surface area contributed by atoms with Crippen molar-refractivity contribution >= 4 is 26.1 Å². The highest BCUT2D eigenvalue weighted by molar-refractivity contribution is 7.45. The Bertz CT molecular complexity index is 479. The molecule has 0 aliphatic heterocycles. The van der Waals surface area contributed by atoms with E-state index in [0.717, 1.165) is 12.8 Å². The standard InChI is InChI=1S/C20H41NO3.4C2H7N.ClH.H3O4P/c1-3-4-5-6-7-8-9-10-11-12-13-16-20(24)21-17-14-15-19(23)18(2)22;4*1-3-2;;1-5(2,3)4/h18-19,22-23H,3-17H2,1-2H3,(H,21,24);4*3H,1-2H3;1H;(H3,1,2,3,4). The number of unbranched alkanes of at least 4 members (excludes halogenated alkanes) is 10. The fourth-order valence-corrected chi connectivity index (χ4v) is 2.82. The van der Waals surface area contributed by atoms with Crippen molar-refractivity contribution in [3.63, 3.8) is 0 Å². The highest BCUT2D eigenvalue weighted by Crippen LogP contribution is 2.25. The number of nitrogens with one attached hydrogen (secondary N) is 5. The summed E-state index contributed by atoms with van der Waals surface area (Å²) in [6.45, 7) is 4.42. The molecule has 0 aliphatic rings. The molecule has 0 aromatic rings. The Morgan fingerprint density at radius 1 is 0.643 bits per heavy atom. The van der Waals surface area contributed by atoms with Crippen molar-refractivity contribution in [1.82, 2.24) is 26.6 Å². The summed E-state index contributed by atoms with van der Waals surface area (Å²) in [5, 5.41) is 32.5. The first kappa shape index (κ1) is 57.3. The summed E-state index contributed by atoms with van der Waals surface area (Å²) in [4.78, 5) is 33.2. The molecular weight excluding hydrogens is 585 g/mol. The third kappa shape index (κ3) is 106. The van der Waals surface area contributed by atoms with Gasteiger partial charge in [0.15, 0.2) is 0 Å². The summed E-state index contributed by atoms with van der Waals surface area (Å²) in [5.41, 5.74) is 0. The molecule has 0 heterocycles. The van der Waals surface area contributed by atoms with Gasteiger partial charge in [-0.1, -0.05) is 71.1 Å². The molecule has 0 aliphatic carbocycles. The second-order valence-corrected chi connectivity index (χ2v) is 10.6. The van der Waals surface area contributed by atoms with Crippen LogP contribution in [0.2, 0.25) is 0 Å². The van der Waals surface area contributed by atoms with E-state index in [1.165, 1.54) is 57.8 Å². The van der Waals surface area contributed by atoms with Gasteiger partial charge in [0, 0.05) is 13.0 Å². The number of halogens is 1. The van der Waals surface area contributed by atoms with E-state index < -0.39 is 20.0 Å². The van der Waals surface area contributed by atoms with Gasteiger partial charge in [-0.15, -0.1) is 12.4 Å². The van der Waals surface area contributed by atoms with Crippen LogP contribution in [0.4, 0.5) is 0 Å². The summed E-state index contributed by atoms with van der Waals surface area (Å²) < 4.78 is 8.88. The predicted molar refractivity (Wildman–Crippen MR) is 182 cm³/mol. The quantitative estimate of drug-likeness (QED) is 0.0815. The largest absolute Gasteiger partial charge is 0.466 e. The van der Waals surface area contributed by atoms with Gasteiger partial charge in [-0.2, -0.15) is 0 Å². The van der Waals surface area contributed by atoms with Crippen molar-refractivity contribution in [1.29, 1.82) is 0 Å². The van der Waals surface area contributed by atoms with E-state index in [2.05, 4.69) is 33.5 Å². The number of aliphatic hydroxyl groups is 2. The zero-order chi connectivity index (χ0) is 33.4. The van der Waals surface area contributed by atoms with E-state index in [1.807, 2.05) is 56.4 Å². The molecule has 0 rings (SSSR count). The average molecular weight is 658 g/mol. The second kappa shape index (κ2) is 53.2. The predicted octanol–water partition coefficient (Wildman–Crippen LogP) is 3.16. The lowest BCUT2D eigenvalue weighted by Crippen LogP contribution is -2.27. The van der Waals surface area contributed by atoms with E-state index in [0.29, 0.717) is 25.8 Å². The van der Waals surface area contributed by atoms with Crippen molar-refractivity contribution in [3.8, 4) is 0 Å². The van der Waals surface area contributed by atoms with E-state index in [9.17, 15) is 9.90 Å². The van der Waals surface area contributed by atoms with Gasteiger partial charge in [-0.25, -0.2) is 4.57 Å². The average Bonchev–Trinajstić information content (AvgIpc) is 2.86. The molecule has 0 radical (unpaired) electrons. The van der Waals surface area contributed by atoms with Crippen LogP contribution in [0.25, 0.3) is 0 Å². The molecule has 0 saturated heterocycles. The van der Waals surface area contributed by atoms with Crippen LogP contribution in [-0.4, -0.2) is 106 Å². The number of phosphoric acid groups is 1. The maximum atomic E-state index is 11.7. The molecule has 0 aromatic heterocycles. The van der Waals surface area contributed by atoms with E-state index in [-0.39, 0.29) is 18.3 Å². The van der Waals surface area contributed by atoms with Gasteiger partial charge in [0.05, 0.1) is 12.2 Å². The Morgan fingerprint density at radius 3 is 1.21 bits per heavy atom. The molecule has 1 amide bonds. The van der Waals surface area contributed by atoms with Crippen molar-refractivity contribution < 1.29 is 34.3 Å². The van der Waals surface area contributed by atoms with Gasteiger partial charge in [0.2, 0.25) is 5.91 Å². The van der Waals surface area contributed by atoms with Gasteiger partial charge in [-0.3, -0.25) is 4.79 Å². The molecule has 264 valence electrons. The number of amides is 1. The smallest absolute Gasteiger partial charge is 0.391 e. The molecule has 2 atom stereocenters. The minimum absolute atomic E-state index is 0. The number of carbonyl (C=O) groups is 1. The van der Waals surface area contributed by atoms with Crippen LogP contribution in [0.5, 0.6) is 0 Å². The van der Waals surface area contributed by atoms with Crippen LogP contribution in [-0.2, 0) is 9.36 Å². The molecule has 0 saturated carbocycles. The van der Waals surface area contributed by atoms with Crippen LogP contribution in [0.15, 0.2) is 0 Å². The van der Waals surface area contributed by atoms with Gasteiger partial charge in [-0.05, 0) is 82.6 Å². The Labute approximate surface area is 265 Å². The van der Waals surface area contributed by atoms with Crippen molar-refractivity contribution in [2.24, 2.45) is 0 Å². The second-order valence-electron chi connectivity index (χ2n) is 9.60. The number of rotatable bonds is 17. The van der Waals surface area contributed by atoms with Crippen LogP contribution >= 0.6 is 20.2 Å². The Hall–Kier alpha value is -0.370. The van der Waals surface area contributed by atoms with Crippen molar-refractivity contribution in [3.05, 3.63) is 0 Å². The van der Waals surface area contributed by atoms with Crippen LogP contribution in [0.1, 0.15) is 104 Å². The van der Waals surface area contributed by atoms with E-state index in [1.54, 1.807) is 6.92 Å². The van der Waals surface area contributed by atoms with Crippen LogP contribution in [0.3, 0.4) is 0 Å². The lowest BCUT2D eigenvalue weighted by atomic mass is 10.1. The molecule has 12 nitrogen and oxygen atoms in total. The molecule has 0 bridgehead atoms. The molecule has 0 aromatic carbocycles. The van der Waals surface area contributed by atoms with Crippen LogP contribution in [0, 0.1) is 0 Å². The number of aliphatic hydroxyl groups excluding tert-OH is 2. The molecule has 42 heavy (non-hydrogen) atoms. The lowest BCUT2D eigenvalue weighted by molar-refractivity contribution is -0.121. The monoisotopic (exact) mass is 657 g/mol. The third-order valence-electron chi connectivity index (χ3n) is 4.56. The minimum Gasteiger partial charge on any atom is -0.391 e. The van der Waals surface area contributed by atoms with Crippen LogP contribution < -0.4 is 26.6 Å². The van der Waals surface area contributed by atoms with E-state index in [4.69, 9.17) is 24.4 Å². The van der Waals surface area contributed by atoms with Gasteiger partial charge >= 0.3 is 7.82 Å². The first-order valence-corrected chi connectivity index (χ1v) is 16.6. The number of hydrogen-bond donors (Lipinski definition) is 10. The maximum absolute atomic E-state index is 11.7. The topological polar surface area (TPSA) is 195 Å². The molecule has 0 spiro atoms. The molecule has 10 N–H and O–H groups in total. The van der Waals surface area contributed by atoms with E-state index >= 15 is 0 Å². The Kier molecular flexibility index (Phi) is 72.6. The van der Waals surface area contributed by atoms with Crippen molar-refractivity contribution in [2.75, 3.05) is 62.9 Å². The Balaban J connectivity index is -0.000000111. The van der Waals surface area contributed by atoms with Crippen molar-refractivity contribution in [2.45, 2.75) is 116 Å². The zero-order valence-electron chi connectivity index (χ0n) is 28.7.